The first-order valence-electron chi connectivity index (χ1n) is 5.23. The molecule has 0 aromatic heterocycles. The second-order valence-electron chi connectivity index (χ2n) is 3.72. The highest BCUT2D eigenvalue weighted by molar-refractivity contribution is 6.40. The van der Waals surface area contributed by atoms with Crippen LogP contribution in [0, 0.1) is 0 Å². The van der Waals surface area contributed by atoms with Crippen molar-refractivity contribution < 1.29 is 9.90 Å². The Morgan fingerprint density at radius 2 is 1.63 bits per heavy atom. The molecule has 0 aliphatic heterocycles. The van der Waals surface area contributed by atoms with E-state index in [1.54, 1.807) is 18.2 Å². The number of hydrogen-bond acceptors (Lipinski definition) is 2. The van der Waals surface area contributed by atoms with Crippen molar-refractivity contribution in [2.45, 2.75) is 0 Å². The molecule has 0 saturated heterocycles. The number of amides is 1. The molecule has 0 aliphatic rings. The summed E-state index contributed by atoms with van der Waals surface area (Å²) >= 11 is 17.6. The summed E-state index contributed by atoms with van der Waals surface area (Å²) in [5.74, 6) is -0.507. The minimum atomic E-state index is -0.447. The van der Waals surface area contributed by atoms with Crippen LogP contribution in [-0.4, -0.2) is 11.0 Å². The summed E-state index contributed by atoms with van der Waals surface area (Å²) in [4.78, 5) is 12.1. The number of benzene rings is 2. The fraction of sp³-hybridized carbons (Fsp3) is 0. The highest BCUT2D eigenvalue weighted by Crippen LogP contribution is 2.28. The van der Waals surface area contributed by atoms with Crippen molar-refractivity contribution in [1.82, 2.24) is 0 Å². The monoisotopic (exact) mass is 315 g/mol. The molecule has 0 spiro atoms. The van der Waals surface area contributed by atoms with Crippen LogP contribution in [0.2, 0.25) is 15.1 Å². The van der Waals surface area contributed by atoms with Crippen LogP contribution < -0.4 is 5.32 Å². The van der Waals surface area contributed by atoms with Gasteiger partial charge in [0.25, 0.3) is 5.91 Å². The lowest BCUT2D eigenvalue weighted by molar-refractivity contribution is 0.102. The second kappa shape index (κ2) is 5.70. The Bertz CT molecular complexity index is 624. The summed E-state index contributed by atoms with van der Waals surface area (Å²) in [6, 6.07) is 9.13. The third kappa shape index (κ3) is 3.13. The van der Waals surface area contributed by atoms with Crippen molar-refractivity contribution in [2.24, 2.45) is 0 Å². The Labute approximate surface area is 124 Å². The van der Waals surface area contributed by atoms with Gasteiger partial charge in [-0.1, -0.05) is 40.9 Å². The Balaban J connectivity index is 2.28. The van der Waals surface area contributed by atoms with Gasteiger partial charge in [-0.3, -0.25) is 4.79 Å². The average molecular weight is 317 g/mol. The molecule has 2 aromatic carbocycles. The van der Waals surface area contributed by atoms with Crippen molar-refractivity contribution in [1.29, 1.82) is 0 Å². The van der Waals surface area contributed by atoms with Gasteiger partial charge in [-0.25, -0.2) is 0 Å². The van der Waals surface area contributed by atoms with E-state index in [2.05, 4.69) is 5.32 Å². The van der Waals surface area contributed by atoms with Gasteiger partial charge in [-0.15, -0.1) is 0 Å². The molecule has 0 radical (unpaired) electrons. The first kappa shape index (κ1) is 14.0. The van der Waals surface area contributed by atoms with Gasteiger partial charge < -0.3 is 10.4 Å². The molecule has 19 heavy (non-hydrogen) atoms. The third-order valence-corrected chi connectivity index (χ3v) is 3.33. The Kier molecular flexibility index (Phi) is 4.20. The van der Waals surface area contributed by atoms with Gasteiger partial charge in [0.2, 0.25) is 0 Å². The molecule has 0 aliphatic carbocycles. The lowest BCUT2D eigenvalue weighted by atomic mass is 10.2. The van der Waals surface area contributed by atoms with Gasteiger partial charge in [0.15, 0.2) is 0 Å². The molecule has 6 heteroatoms. The molecular formula is C13H8Cl3NO2. The number of phenolic OH excluding ortho intramolecular Hbond substituents is 1. The van der Waals surface area contributed by atoms with E-state index in [4.69, 9.17) is 34.8 Å². The van der Waals surface area contributed by atoms with Gasteiger partial charge in [-0.05, 0) is 30.3 Å². The number of hydrogen-bond donors (Lipinski definition) is 2. The van der Waals surface area contributed by atoms with E-state index in [0.29, 0.717) is 5.69 Å². The van der Waals surface area contributed by atoms with Gasteiger partial charge in [-0.2, -0.15) is 0 Å². The summed E-state index contributed by atoms with van der Waals surface area (Å²) in [5.41, 5.74) is 0.624. The molecule has 2 aromatic rings. The van der Waals surface area contributed by atoms with E-state index in [1.165, 1.54) is 18.2 Å². The molecule has 0 fully saturated rings. The lowest BCUT2D eigenvalue weighted by Gasteiger charge is -2.09. The summed E-state index contributed by atoms with van der Waals surface area (Å²) in [5, 5.41) is 12.6. The normalized spacial score (nSPS) is 10.3. The van der Waals surface area contributed by atoms with Crippen LogP contribution in [0.5, 0.6) is 5.75 Å². The molecule has 0 heterocycles. The largest absolute Gasteiger partial charge is 0.506 e. The molecule has 0 bridgehead atoms. The van der Waals surface area contributed by atoms with E-state index in [9.17, 15) is 9.90 Å². The maximum absolute atomic E-state index is 12.1. The van der Waals surface area contributed by atoms with Crippen LogP contribution in [-0.2, 0) is 0 Å². The van der Waals surface area contributed by atoms with Gasteiger partial charge in [0.05, 0.1) is 20.6 Å². The van der Waals surface area contributed by atoms with Crippen molar-refractivity contribution in [2.75, 3.05) is 5.32 Å². The summed E-state index contributed by atoms with van der Waals surface area (Å²) in [6.45, 7) is 0. The minimum absolute atomic E-state index is 0.0598. The van der Waals surface area contributed by atoms with Crippen LogP contribution in [0.1, 0.15) is 10.4 Å². The van der Waals surface area contributed by atoms with Crippen molar-refractivity contribution in [3.8, 4) is 5.75 Å². The molecule has 0 saturated carbocycles. The number of nitrogens with one attached hydrogen (secondary N) is 1. The van der Waals surface area contributed by atoms with Crippen LogP contribution in [0.3, 0.4) is 0 Å². The van der Waals surface area contributed by atoms with Crippen LogP contribution in [0.15, 0.2) is 36.4 Å². The number of anilines is 1. The van der Waals surface area contributed by atoms with Gasteiger partial charge in [0, 0.05) is 5.69 Å². The molecule has 0 atom stereocenters. The van der Waals surface area contributed by atoms with Crippen LogP contribution >= 0.6 is 34.8 Å². The Morgan fingerprint density at radius 1 is 1.00 bits per heavy atom. The van der Waals surface area contributed by atoms with E-state index in [1.807, 2.05) is 0 Å². The van der Waals surface area contributed by atoms with E-state index < -0.39 is 5.91 Å². The zero-order valence-electron chi connectivity index (χ0n) is 9.45. The maximum atomic E-state index is 12.1. The third-order valence-electron chi connectivity index (χ3n) is 2.40. The number of halogens is 3. The van der Waals surface area contributed by atoms with Crippen molar-refractivity contribution in [3.63, 3.8) is 0 Å². The zero-order chi connectivity index (χ0) is 14.0. The molecule has 3 nitrogen and oxygen atoms in total. The minimum Gasteiger partial charge on any atom is -0.506 e. The van der Waals surface area contributed by atoms with Crippen molar-refractivity contribution >= 4 is 46.4 Å². The summed E-state index contributed by atoms with van der Waals surface area (Å²) in [7, 11) is 0. The standard InChI is InChI=1S/C13H8Cl3NO2/c14-8-2-1-3-9(15)12(8)13(19)17-7-4-5-11(18)10(16)6-7/h1-6,18H,(H,17,19). The molecule has 0 unspecified atom stereocenters. The zero-order valence-corrected chi connectivity index (χ0v) is 11.7. The fourth-order valence-electron chi connectivity index (χ4n) is 1.49. The van der Waals surface area contributed by atoms with E-state index >= 15 is 0 Å². The summed E-state index contributed by atoms with van der Waals surface area (Å²) in [6.07, 6.45) is 0. The molecular weight excluding hydrogens is 309 g/mol. The molecule has 2 N–H and O–H groups in total. The smallest absolute Gasteiger partial charge is 0.258 e. The topological polar surface area (TPSA) is 49.3 Å². The number of carbonyl (C=O) groups excluding carboxylic acids is 1. The van der Waals surface area contributed by atoms with Crippen LogP contribution in [0.4, 0.5) is 5.69 Å². The van der Waals surface area contributed by atoms with Crippen molar-refractivity contribution in [3.05, 3.63) is 57.0 Å². The first-order chi connectivity index (χ1) is 8.99. The molecule has 2 rings (SSSR count). The second-order valence-corrected chi connectivity index (χ2v) is 4.94. The average Bonchev–Trinajstić information content (AvgIpc) is 2.33. The maximum Gasteiger partial charge on any atom is 0.258 e. The van der Waals surface area contributed by atoms with Gasteiger partial charge in [0.1, 0.15) is 5.75 Å². The quantitative estimate of drug-likeness (QED) is 0.795. The predicted octanol–water partition coefficient (Wildman–Crippen LogP) is 4.60. The first-order valence-corrected chi connectivity index (χ1v) is 6.36. The molecule has 98 valence electrons. The van der Waals surface area contributed by atoms with E-state index in [-0.39, 0.29) is 26.4 Å². The van der Waals surface area contributed by atoms with E-state index in [0.717, 1.165) is 0 Å². The SMILES string of the molecule is O=C(Nc1ccc(O)c(Cl)c1)c1c(Cl)cccc1Cl. The highest BCUT2D eigenvalue weighted by atomic mass is 35.5. The summed E-state index contributed by atoms with van der Waals surface area (Å²) < 4.78 is 0. The van der Waals surface area contributed by atoms with Gasteiger partial charge >= 0.3 is 0 Å². The molecule has 1 amide bonds. The highest BCUT2D eigenvalue weighted by Gasteiger charge is 2.14. The number of carbonyl (C=O) groups is 1. The Morgan fingerprint density at radius 3 is 2.21 bits per heavy atom. The number of aromatic hydroxyl groups is 1. The van der Waals surface area contributed by atoms with Crippen LogP contribution in [0.25, 0.3) is 0 Å². The Hall–Kier alpha value is -1.42. The number of phenols is 1. The lowest BCUT2D eigenvalue weighted by Crippen LogP contribution is -2.13. The predicted molar refractivity (Wildman–Crippen MR) is 77.5 cm³/mol. The fourth-order valence-corrected chi connectivity index (χ4v) is 2.24. The number of rotatable bonds is 2.